The van der Waals surface area contributed by atoms with Crippen LogP contribution in [0, 0.1) is 0 Å². The van der Waals surface area contributed by atoms with Gasteiger partial charge in [0.1, 0.15) is 19.0 Å². The van der Waals surface area contributed by atoms with Crippen molar-refractivity contribution in [3.63, 3.8) is 0 Å². The van der Waals surface area contributed by atoms with Crippen LogP contribution >= 0.6 is 0 Å². The zero-order chi connectivity index (χ0) is 16.5. The summed E-state index contributed by atoms with van der Waals surface area (Å²) in [6, 6.07) is 7.88. The SMILES string of the molecule is CC(C)c1cc(Cn2ccnc2-c2ccc3c(c2)OCCO3)on1. The largest absolute Gasteiger partial charge is 0.486 e. The molecular formula is C18H19N3O3. The van der Waals surface area contributed by atoms with Gasteiger partial charge >= 0.3 is 0 Å². The molecule has 1 aliphatic rings. The Morgan fingerprint density at radius 1 is 1.12 bits per heavy atom. The molecule has 0 saturated carbocycles. The van der Waals surface area contributed by atoms with E-state index in [0.717, 1.165) is 34.3 Å². The first-order chi connectivity index (χ1) is 11.7. The highest BCUT2D eigenvalue weighted by Gasteiger charge is 2.16. The van der Waals surface area contributed by atoms with E-state index in [1.54, 1.807) is 6.20 Å². The first-order valence-electron chi connectivity index (χ1n) is 8.07. The van der Waals surface area contributed by atoms with E-state index in [-0.39, 0.29) is 0 Å². The monoisotopic (exact) mass is 325 g/mol. The van der Waals surface area contributed by atoms with Crippen LogP contribution in [-0.4, -0.2) is 27.9 Å². The van der Waals surface area contributed by atoms with Gasteiger partial charge in [-0.25, -0.2) is 4.98 Å². The Hall–Kier alpha value is -2.76. The maximum absolute atomic E-state index is 5.66. The molecule has 6 heteroatoms. The van der Waals surface area contributed by atoms with Crippen molar-refractivity contribution in [2.45, 2.75) is 26.3 Å². The lowest BCUT2D eigenvalue weighted by Gasteiger charge is -2.18. The third-order valence-electron chi connectivity index (χ3n) is 4.01. The van der Waals surface area contributed by atoms with Gasteiger partial charge < -0.3 is 18.6 Å². The molecule has 6 nitrogen and oxygen atoms in total. The van der Waals surface area contributed by atoms with Crippen LogP contribution in [0.25, 0.3) is 11.4 Å². The van der Waals surface area contributed by atoms with Gasteiger partial charge in [0.05, 0.1) is 12.2 Å². The fraction of sp³-hybridized carbons (Fsp3) is 0.333. The van der Waals surface area contributed by atoms with E-state index in [0.29, 0.717) is 25.7 Å². The first-order valence-corrected chi connectivity index (χ1v) is 8.07. The Morgan fingerprint density at radius 2 is 1.96 bits per heavy atom. The van der Waals surface area contributed by atoms with Crippen molar-refractivity contribution < 1.29 is 14.0 Å². The molecule has 24 heavy (non-hydrogen) atoms. The summed E-state index contributed by atoms with van der Waals surface area (Å²) in [6.45, 7) is 5.94. The summed E-state index contributed by atoms with van der Waals surface area (Å²) in [4.78, 5) is 4.48. The molecule has 3 heterocycles. The lowest BCUT2D eigenvalue weighted by Crippen LogP contribution is -2.15. The van der Waals surface area contributed by atoms with E-state index in [2.05, 4.69) is 24.0 Å². The van der Waals surface area contributed by atoms with Crippen LogP contribution in [0.15, 0.2) is 41.2 Å². The third-order valence-corrected chi connectivity index (χ3v) is 4.01. The smallest absolute Gasteiger partial charge is 0.162 e. The number of nitrogens with zero attached hydrogens (tertiary/aromatic N) is 3. The zero-order valence-corrected chi connectivity index (χ0v) is 13.7. The lowest BCUT2D eigenvalue weighted by molar-refractivity contribution is 0.171. The third kappa shape index (κ3) is 2.75. The molecule has 0 atom stereocenters. The van der Waals surface area contributed by atoms with Crippen LogP contribution in [0.4, 0.5) is 0 Å². The van der Waals surface area contributed by atoms with Crippen LogP contribution in [0.3, 0.4) is 0 Å². The minimum absolute atomic E-state index is 0.350. The topological polar surface area (TPSA) is 62.3 Å². The van der Waals surface area contributed by atoms with E-state index in [9.17, 15) is 0 Å². The maximum Gasteiger partial charge on any atom is 0.162 e. The number of aromatic nitrogens is 3. The molecule has 0 unspecified atom stereocenters. The van der Waals surface area contributed by atoms with Crippen LogP contribution in [-0.2, 0) is 6.54 Å². The molecule has 0 N–H and O–H groups in total. The van der Waals surface area contributed by atoms with E-state index in [1.807, 2.05) is 35.0 Å². The predicted octanol–water partition coefficient (Wildman–Crippen LogP) is 3.48. The summed E-state index contributed by atoms with van der Waals surface area (Å²) < 4.78 is 18.7. The Labute approximate surface area is 140 Å². The van der Waals surface area contributed by atoms with Crippen LogP contribution < -0.4 is 9.47 Å². The van der Waals surface area contributed by atoms with Gasteiger partial charge in [-0.1, -0.05) is 19.0 Å². The van der Waals surface area contributed by atoms with E-state index in [4.69, 9.17) is 14.0 Å². The Kier molecular flexibility index (Phi) is 3.72. The second-order valence-electron chi connectivity index (χ2n) is 6.11. The summed E-state index contributed by atoms with van der Waals surface area (Å²) in [5.41, 5.74) is 1.94. The molecule has 0 amide bonds. The standard InChI is InChI=1S/C18H19N3O3/c1-12(2)15-10-14(24-20-15)11-21-6-5-19-18(21)13-3-4-16-17(9-13)23-8-7-22-16/h3-6,9-10,12H,7-8,11H2,1-2H3. The first kappa shape index (κ1) is 14.8. The van der Waals surface area contributed by atoms with Crippen LogP contribution in [0.1, 0.15) is 31.2 Å². The molecule has 2 aromatic heterocycles. The zero-order valence-electron chi connectivity index (χ0n) is 13.7. The van der Waals surface area contributed by atoms with Gasteiger partial charge in [-0.2, -0.15) is 0 Å². The molecule has 1 aromatic carbocycles. The molecule has 0 aliphatic carbocycles. The molecular weight excluding hydrogens is 306 g/mol. The Bertz CT molecular complexity index is 851. The minimum atomic E-state index is 0.350. The van der Waals surface area contributed by atoms with E-state index in [1.165, 1.54) is 0 Å². The molecule has 3 aromatic rings. The summed E-state index contributed by atoms with van der Waals surface area (Å²) >= 11 is 0. The van der Waals surface area contributed by atoms with Crippen molar-refractivity contribution in [2.75, 3.05) is 13.2 Å². The number of imidazole rings is 1. The maximum atomic E-state index is 5.66. The van der Waals surface area contributed by atoms with Gasteiger partial charge in [0.25, 0.3) is 0 Å². The highest BCUT2D eigenvalue weighted by atomic mass is 16.6. The summed E-state index contributed by atoms with van der Waals surface area (Å²) in [6.07, 6.45) is 3.72. The van der Waals surface area contributed by atoms with Gasteiger partial charge in [-0.3, -0.25) is 0 Å². The summed E-state index contributed by atoms with van der Waals surface area (Å²) in [7, 11) is 0. The molecule has 0 fully saturated rings. The quantitative estimate of drug-likeness (QED) is 0.735. The van der Waals surface area contributed by atoms with Gasteiger partial charge in [0, 0.05) is 24.0 Å². The fourth-order valence-corrected chi connectivity index (χ4v) is 2.72. The molecule has 0 bridgehead atoms. The number of ether oxygens (including phenoxy) is 2. The Balaban J connectivity index is 1.62. The average Bonchev–Trinajstić information content (AvgIpc) is 3.24. The molecule has 124 valence electrons. The number of hydrogen-bond acceptors (Lipinski definition) is 5. The van der Waals surface area contributed by atoms with Gasteiger partial charge in [0.15, 0.2) is 17.3 Å². The van der Waals surface area contributed by atoms with Crippen LogP contribution in [0.2, 0.25) is 0 Å². The van der Waals surface area contributed by atoms with Gasteiger partial charge in [0.2, 0.25) is 0 Å². The second kappa shape index (κ2) is 6.03. The van der Waals surface area contributed by atoms with Crippen molar-refractivity contribution in [3.8, 4) is 22.9 Å². The lowest BCUT2D eigenvalue weighted by atomic mass is 10.1. The average molecular weight is 325 g/mol. The van der Waals surface area contributed by atoms with Crippen molar-refractivity contribution in [3.05, 3.63) is 48.1 Å². The number of rotatable bonds is 4. The summed E-state index contributed by atoms with van der Waals surface area (Å²) in [5.74, 6) is 3.56. The van der Waals surface area contributed by atoms with E-state index >= 15 is 0 Å². The summed E-state index contributed by atoms with van der Waals surface area (Å²) in [5, 5.41) is 4.11. The molecule has 0 spiro atoms. The molecule has 1 aliphatic heterocycles. The van der Waals surface area contributed by atoms with E-state index < -0.39 is 0 Å². The number of hydrogen-bond donors (Lipinski definition) is 0. The van der Waals surface area contributed by atoms with Crippen molar-refractivity contribution in [1.82, 2.24) is 14.7 Å². The van der Waals surface area contributed by atoms with Crippen molar-refractivity contribution in [2.24, 2.45) is 0 Å². The predicted molar refractivity (Wildman–Crippen MR) is 88.3 cm³/mol. The highest BCUT2D eigenvalue weighted by molar-refractivity contribution is 5.62. The van der Waals surface area contributed by atoms with Crippen molar-refractivity contribution >= 4 is 0 Å². The highest BCUT2D eigenvalue weighted by Crippen LogP contribution is 2.34. The van der Waals surface area contributed by atoms with Crippen LogP contribution in [0.5, 0.6) is 11.5 Å². The molecule has 4 rings (SSSR count). The minimum Gasteiger partial charge on any atom is -0.486 e. The molecule has 0 radical (unpaired) electrons. The normalized spacial score (nSPS) is 13.5. The van der Waals surface area contributed by atoms with Gasteiger partial charge in [-0.05, 0) is 24.1 Å². The van der Waals surface area contributed by atoms with Crippen molar-refractivity contribution in [1.29, 1.82) is 0 Å². The van der Waals surface area contributed by atoms with Gasteiger partial charge in [-0.15, -0.1) is 0 Å². The molecule has 0 saturated heterocycles. The fourth-order valence-electron chi connectivity index (χ4n) is 2.72. The number of benzene rings is 1. The second-order valence-corrected chi connectivity index (χ2v) is 6.11. The Morgan fingerprint density at radius 3 is 2.75 bits per heavy atom. The number of fused-ring (bicyclic) bond motifs is 1.